The molecule has 5 nitrogen and oxygen atoms in total. The van der Waals surface area contributed by atoms with Gasteiger partial charge in [-0.15, -0.1) is 0 Å². The van der Waals surface area contributed by atoms with E-state index < -0.39 is 0 Å². The fourth-order valence-corrected chi connectivity index (χ4v) is 5.93. The van der Waals surface area contributed by atoms with Crippen molar-refractivity contribution in [3.63, 3.8) is 0 Å². The van der Waals surface area contributed by atoms with Crippen LogP contribution >= 0.6 is 11.8 Å². The number of aliphatic hydroxyl groups excluding tert-OH is 1. The van der Waals surface area contributed by atoms with Gasteiger partial charge in [0.25, 0.3) is 0 Å². The standard InChI is InChI=1S/C19H35N3O2S/c1-2-20-17(21-14-18(16-23)8-11-24-12-9-18)22-10-13-25-19(15-22)6-4-3-5-7-19/h23H,2-16H2,1H3,(H,20,21). The molecule has 0 aromatic heterocycles. The first-order chi connectivity index (χ1) is 12.2. The number of rotatable bonds is 4. The van der Waals surface area contributed by atoms with Crippen molar-refractivity contribution in [1.29, 1.82) is 0 Å². The van der Waals surface area contributed by atoms with Crippen LogP contribution in [0.15, 0.2) is 4.99 Å². The third-order valence-electron chi connectivity index (χ3n) is 6.10. The molecule has 0 aromatic rings. The van der Waals surface area contributed by atoms with Crippen molar-refractivity contribution in [3.05, 3.63) is 0 Å². The largest absolute Gasteiger partial charge is 0.396 e. The molecule has 0 radical (unpaired) electrons. The van der Waals surface area contributed by atoms with Gasteiger partial charge in [0.05, 0.1) is 13.2 Å². The minimum atomic E-state index is -0.0913. The van der Waals surface area contributed by atoms with Gasteiger partial charge < -0.3 is 20.1 Å². The second-order valence-corrected chi connectivity index (χ2v) is 9.52. The molecule has 144 valence electrons. The number of aliphatic hydroxyl groups is 1. The lowest BCUT2D eigenvalue weighted by molar-refractivity contribution is -0.0107. The average Bonchev–Trinajstić information content (AvgIpc) is 2.66. The molecule has 3 fully saturated rings. The van der Waals surface area contributed by atoms with E-state index in [1.165, 1.54) is 37.9 Å². The number of hydrogen-bond acceptors (Lipinski definition) is 4. The van der Waals surface area contributed by atoms with Crippen LogP contribution in [0, 0.1) is 5.41 Å². The van der Waals surface area contributed by atoms with E-state index in [1.807, 2.05) is 0 Å². The molecule has 2 N–H and O–H groups in total. The molecule has 2 saturated heterocycles. The zero-order valence-electron chi connectivity index (χ0n) is 15.8. The van der Waals surface area contributed by atoms with E-state index in [-0.39, 0.29) is 12.0 Å². The average molecular weight is 370 g/mol. The number of aliphatic imine (C=N–C) groups is 1. The monoisotopic (exact) mass is 369 g/mol. The first kappa shape index (κ1) is 19.3. The summed E-state index contributed by atoms with van der Waals surface area (Å²) in [6.45, 7) is 7.63. The lowest BCUT2D eigenvalue weighted by Gasteiger charge is -2.45. The van der Waals surface area contributed by atoms with Gasteiger partial charge in [-0.2, -0.15) is 11.8 Å². The Balaban J connectivity index is 1.68. The molecule has 6 heteroatoms. The first-order valence-corrected chi connectivity index (χ1v) is 11.1. The molecule has 25 heavy (non-hydrogen) atoms. The zero-order valence-corrected chi connectivity index (χ0v) is 16.6. The number of guanidine groups is 1. The van der Waals surface area contributed by atoms with Gasteiger partial charge in [-0.05, 0) is 32.6 Å². The number of nitrogens with one attached hydrogen (secondary N) is 1. The molecule has 0 amide bonds. The summed E-state index contributed by atoms with van der Waals surface area (Å²) in [6, 6.07) is 0. The van der Waals surface area contributed by atoms with Crippen molar-refractivity contribution in [1.82, 2.24) is 10.2 Å². The normalized spacial score (nSPS) is 26.6. The molecular weight excluding hydrogens is 334 g/mol. The molecule has 0 aromatic carbocycles. The van der Waals surface area contributed by atoms with Crippen LogP contribution in [0.5, 0.6) is 0 Å². The van der Waals surface area contributed by atoms with Crippen molar-refractivity contribution in [2.75, 3.05) is 51.8 Å². The number of thioether (sulfide) groups is 1. The van der Waals surface area contributed by atoms with Gasteiger partial charge in [0, 0.05) is 48.8 Å². The lowest BCUT2D eigenvalue weighted by Crippen LogP contribution is -2.53. The minimum Gasteiger partial charge on any atom is -0.396 e. The Morgan fingerprint density at radius 3 is 2.64 bits per heavy atom. The second kappa shape index (κ2) is 8.96. The molecule has 2 heterocycles. The van der Waals surface area contributed by atoms with E-state index in [1.54, 1.807) is 0 Å². The maximum absolute atomic E-state index is 9.93. The summed E-state index contributed by atoms with van der Waals surface area (Å²) in [5.41, 5.74) is -0.0913. The van der Waals surface area contributed by atoms with Gasteiger partial charge >= 0.3 is 0 Å². The maximum atomic E-state index is 9.93. The second-order valence-electron chi connectivity index (χ2n) is 7.95. The number of nitrogens with zero attached hydrogens (tertiary/aromatic N) is 2. The Labute approximate surface area is 157 Å². The third-order valence-corrected chi connectivity index (χ3v) is 7.64. The Hall–Kier alpha value is -0.460. The summed E-state index contributed by atoms with van der Waals surface area (Å²) >= 11 is 2.19. The van der Waals surface area contributed by atoms with Crippen molar-refractivity contribution in [3.8, 4) is 0 Å². The molecule has 1 spiro atoms. The van der Waals surface area contributed by atoms with Crippen LogP contribution in [0.25, 0.3) is 0 Å². The van der Waals surface area contributed by atoms with E-state index in [0.29, 0.717) is 11.3 Å². The Kier molecular flexibility index (Phi) is 6.92. The van der Waals surface area contributed by atoms with Crippen molar-refractivity contribution >= 4 is 17.7 Å². The van der Waals surface area contributed by atoms with Crippen LogP contribution in [0.1, 0.15) is 51.9 Å². The predicted octanol–water partition coefficient (Wildman–Crippen LogP) is 2.49. The van der Waals surface area contributed by atoms with Crippen LogP contribution in [-0.4, -0.2) is 72.5 Å². The molecule has 3 rings (SSSR count). The number of hydrogen-bond donors (Lipinski definition) is 2. The summed E-state index contributed by atoms with van der Waals surface area (Å²) in [4.78, 5) is 7.47. The lowest BCUT2D eigenvalue weighted by atomic mass is 9.81. The van der Waals surface area contributed by atoms with Crippen LogP contribution in [0.4, 0.5) is 0 Å². The van der Waals surface area contributed by atoms with Crippen molar-refractivity contribution in [2.24, 2.45) is 10.4 Å². The Morgan fingerprint density at radius 1 is 1.20 bits per heavy atom. The smallest absolute Gasteiger partial charge is 0.194 e. The minimum absolute atomic E-state index is 0.0913. The van der Waals surface area contributed by atoms with E-state index in [9.17, 15) is 5.11 Å². The summed E-state index contributed by atoms with van der Waals surface area (Å²) < 4.78 is 5.93. The highest BCUT2D eigenvalue weighted by molar-refractivity contribution is 8.00. The van der Waals surface area contributed by atoms with Crippen molar-refractivity contribution in [2.45, 2.75) is 56.6 Å². The van der Waals surface area contributed by atoms with E-state index in [2.05, 4.69) is 28.9 Å². The summed E-state index contributed by atoms with van der Waals surface area (Å²) in [5, 5.41) is 13.4. The molecule has 0 unspecified atom stereocenters. The van der Waals surface area contributed by atoms with Crippen LogP contribution in [0.3, 0.4) is 0 Å². The van der Waals surface area contributed by atoms with Crippen LogP contribution in [0.2, 0.25) is 0 Å². The molecule has 3 aliphatic rings. The predicted molar refractivity (Wildman–Crippen MR) is 105 cm³/mol. The molecule has 2 aliphatic heterocycles. The molecule has 1 aliphatic carbocycles. The van der Waals surface area contributed by atoms with Crippen LogP contribution in [-0.2, 0) is 4.74 Å². The van der Waals surface area contributed by atoms with Gasteiger partial charge in [0.1, 0.15) is 0 Å². The molecule has 1 saturated carbocycles. The van der Waals surface area contributed by atoms with Gasteiger partial charge in [0.15, 0.2) is 5.96 Å². The van der Waals surface area contributed by atoms with Gasteiger partial charge in [-0.25, -0.2) is 0 Å². The van der Waals surface area contributed by atoms with E-state index in [0.717, 1.165) is 51.6 Å². The molecule has 0 bridgehead atoms. The fourth-order valence-electron chi connectivity index (χ4n) is 4.36. The molecular formula is C19H35N3O2S. The van der Waals surface area contributed by atoms with Crippen molar-refractivity contribution < 1.29 is 9.84 Å². The Morgan fingerprint density at radius 2 is 1.96 bits per heavy atom. The fraction of sp³-hybridized carbons (Fsp3) is 0.947. The first-order valence-electron chi connectivity index (χ1n) is 10.1. The highest BCUT2D eigenvalue weighted by Gasteiger charge is 2.38. The maximum Gasteiger partial charge on any atom is 0.194 e. The number of ether oxygens (including phenoxy) is 1. The summed E-state index contributed by atoms with van der Waals surface area (Å²) in [5.74, 6) is 2.25. The van der Waals surface area contributed by atoms with E-state index in [4.69, 9.17) is 9.73 Å². The third kappa shape index (κ3) is 4.83. The molecule has 0 atom stereocenters. The highest BCUT2D eigenvalue weighted by atomic mass is 32.2. The van der Waals surface area contributed by atoms with Gasteiger partial charge in [-0.1, -0.05) is 19.3 Å². The summed E-state index contributed by atoms with van der Waals surface area (Å²) in [6.07, 6.45) is 8.68. The van der Waals surface area contributed by atoms with Crippen LogP contribution < -0.4 is 5.32 Å². The topological polar surface area (TPSA) is 57.1 Å². The summed E-state index contributed by atoms with van der Waals surface area (Å²) in [7, 11) is 0. The van der Waals surface area contributed by atoms with Gasteiger partial charge in [-0.3, -0.25) is 4.99 Å². The van der Waals surface area contributed by atoms with Gasteiger partial charge in [0.2, 0.25) is 0 Å². The Bertz CT molecular complexity index is 440. The SMILES string of the molecule is CCNC(=NCC1(CO)CCOCC1)N1CCSC2(CCCCC2)C1. The highest BCUT2D eigenvalue weighted by Crippen LogP contribution is 2.42. The zero-order chi connectivity index (χ0) is 17.6. The quantitative estimate of drug-likeness (QED) is 0.589. The van der Waals surface area contributed by atoms with E-state index >= 15 is 0 Å².